The Balaban J connectivity index is 1.68. The second-order valence-electron chi connectivity index (χ2n) is 7.79. The van der Waals surface area contributed by atoms with Gasteiger partial charge in [-0.3, -0.25) is 14.9 Å². The molecule has 1 aromatic rings. The maximum Gasteiger partial charge on any atom is 0.407 e. The van der Waals surface area contributed by atoms with Crippen LogP contribution in [0.3, 0.4) is 0 Å². The Morgan fingerprint density at radius 1 is 1.16 bits per heavy atom. The molecule has 176 valence electrons. The average molecular weight is 450 g/mol. The average Bonchev–Trinajstić information content (AvgIpc) is 3.27. The number of ether oxygens (including phenoxy) is 1. The van der Waals surface area contributed by atoms with E-state index in [1.807, 2.05) is 30.3 Å². The molecule has 1 saturated heterocycles. The van der Waals surface area contributed by atoms with E-state index in [9.17, 15) is 29.4 Å². The number of benzene rings is 1. The topological polar surface area (TPSA) is 145 Å². The third-order valence-electron chi connectivity index (χ3n) is 5.34. The molecular formula is C22H31N3O7. The maximum absolute atomic E-state index is 12.6. The van der Waals surface area contributed by atoms with Crippen LogP contribution in [0, 0.1) is 0 Å². The van der Waals surface area contributed by atoms with Gasteiger partial charge in [-0.1, -0.05) is 30.3 Å². The predicted octanol–water partition coefficient (Wildman–Crippen LogP) is 1.59. The quantitative estimate of drug-likeness (QED) is 0.352. The lowest BCUT2D eigenvalue weighted by Gasteiger charge is -2.27. The first-order valence-electron chi connectivity index (χ1n) is 10.8. The second kappa shape index (κ2) is 12.7. The standard InChI is InChI=1S/C22H31N3O7/c1-15(19(26)25-13-7-11-18(25)21(29)30)24-17(20(27)28)10-5-6-12-23-22(31)32-14-16-8-3-2-4-9-16/h2-4,8-9,15,17-18,24H,5-7,10-14H2,1H3,(H,23,31)(H,27,28)(H,29,30)/t15?,17-,18-/m0/s1. The molecule has 1 heterocycles. The Bertz CT molecular complexity index is 787. The largest absolute Gasteiger partial charge is 0.480 e. The van der Waals surface area contributed by atoms with Gasteiger partial charge in [0.15, 0.2) is 0 Å². The van der Waals surface area contributed by atoms with Gasteiger partial charge in [-0.2, -0.15) is 0 Å². The number of nitrogens with one attached hydrogen (secondary N) is 2. The van der Waals surface area contributed by atoms with Crippen LogP contribution in [-0.2, 0) is 25.7 Å². The minimum atomic E-state index is -1.09. The Kier molecular flexibility index (Phi) is 9.93. The van der Waals surface area contributed by atoms with Crippen molar-refractivity contribution < 1.29 is 34.1 Å². The molecule has 3 atom stereocenters. The molecule has 1 aliphatic heterocycles. The van der Waals surface area contributed by atoms with Gasteiger partial charge in [0.1, 0.15) is 18.7 Å². The van der Waals surface area contributed by atoms with Crippen LogP contribution >= 0.6 is 0 Å². The highest BCUT2D eigenvalue weighted by Crippen LogP contribution is 2.18. The minimum Gasteiger partial charge on any atom is -0.480 e. The number of unbranched alkanes of at least 4 members (excludes halogenated alkanes) is 1. The summed E-state index contributed by atoms with van der Waals surface area (Å²) in [5.41, 5.74) is 0.880. The number of likely N-dealkylation sites (tertiary alicyclic amines) is 1. The monoisotopic (exact) mass is 449 g/mol. The van der Waals surface area contributed by atoms with Crippen LogP contribution < -0.4 is 10.6 Å². The SMILES string of the molecule is CC(N[C@@H](CCCCNC(=O)OCc1ccccc1)C(=O)O)C(=O)N1CCC[C@H]1C(=O)O. The van der Waals surface area contributed by atoms with Crippen LogP contribution in [0.1, 0.15) is 44.6 Å². The van der Waals surface area contributed by atoms with Crippen LogP contribution in [0.15, 0.2) is 30.3 Å². The number of nitrogens with zero attached hydrogens (tertiary/aromatic N) is 1. The second-order valence-corrected chi connectivity index (χ2v) is 7.79. The first-order valence-corrected chi connectivity index (χ1v) is 10.8. The van der Waals surface area contributed by atoms with Crippen molar-refractivity contribution in [2.45, 2.75) is 63.8 Å². The molecule has 1 aromatic carbocycles. The van der Waals surface area contributed by atoms with Gasteiger partial charge < -0.3 is 25.2 Å². The molecule has 4 N–H and O–H groups in total. The lowest BCUT2D eigenvalue weighted by Crippen LogP contribution is -2.53. The summed E-state index contributed by atoms with van der Waals surface area (Å²) in [4.78, 5) is 48.5. The van der Waals surface area contributed by atoms with E-state index in [2.05, 4.69) is 10.6 Å². The van der Waals surface area contributed by atoms with Crippen molar-refractivity contribution in [1.29, 1.82) is 0 Å². The van der Waals surface area contributed by atoms with Crippen molar-refractivity contribution in [2.24, 2.45) is 0 Å². The lowest BCUT2D eigenvalue weighted by atomic mass is 10.1. The Hall–Kier alpha value is -3.14. The van der Waals surface area contributed by atoms with E-state index in [0.29, 0.717) is 38.8 Å². The Morgan fingerprint density at radius 2 is 1.88 bits per heavy atom. The fourth-order valence-electron chi connectivity index (χ4n) is 3.63. The van der Waals surface area contributed by atoms with E-state index in [4.69, 9.17) is 4.74 Å². The zero-order chi connectivity index (χ0) is 23.5. The van der Waals surface area contributed by atoms with E-state index >= 15 is 0 Å². The fourth-order valence-corrected chi connectivity index (χ4v) is 3.63. The van der Waals surface area contributed by atoms with Gasteiger partial charge in [0.25, 0.3) is 0 Å². The predicted molar refractivity (Wildman–Crippen MR) is 115 cm³/mol. The molecule has 0 aliphatic carbocycles. The molecule has 2 amide bonds. The third kappa shape index (κ3) is 7.84. The molecule has 0 spiro atoms. The first-order chi connectivity index (χ1) is 15.3. The molecule has 0 bridgehead atoms. The highest BCUT2D eigenvalue weighted by atomic mass is 16.5. The summed E-state index contributed by atoms with van der Waals surface area (Å²) in [7, 11) is 0. The van der Waals surface area contributed by atoms with Gasteiger partial charge in [0.2, 0.25) is 5.91 Å². The van der Waals surface area contributed by atoms with Gasteiger partial charge in [0, 0.05) is 13.1 Å². The van der Waals surface area contributed by atoms with E-state index in [1.54, 1.807) is 6.92 Å². The van der Waals surface area contributed by atoms with Crippen molar-refractivity contribution in [3.05, 3.63) is 35.9 Å². The number of carbonyl (C=O) groups excluding carboxylic acids is 2. The number of carbonyl (C=O) groups is 4. The molecule has 2 rings (SSSR count). The molecule has 1 aliphatic rings. The highest BCUT2D eigenvalue weighted by molar-refractivity contribution is 5.88. The number of carboxylic acids is 2. The van der Waals surface area contributed by atoms with Gasteiger partial charge in [-0.15, -0.1) is 0 Å². The fraction of sp³-hybridized carbons (Fsp3) is 0.545. The van der Waals surface area contributed by atoms with Crippen molar-refractivity contribution in [1.82, 2.24) is 15.5 Å². The number of aliphatic carboxylic acids is 2. The Morgan fingerprint density at radius 3 is 2.53 bits per heavy atom. The molecule has 0 aromatic heterocycles. The summed E-state index contributed by atoms with van der Waals surface area (Å²) in [6.07, 6.45) is 1.78. The summed E-state index contributed by atoms with van der Waals surface area (Å²) in [5.74, 6) is -2.55. The number of amides is 2. The number of carboxylic acid groups (broad SMARTS) is 2. The van der Waals surface area contributed by atoms with E-state index < -0.39 is 42.1 Å². The normalized spacial score (nSPS) is 17.4. The van der Waals surface area contributed by atoms with Crippen molar-refractivity contribution in [3.63, 3.8) is 0 Å². The molecular weight excluding hydrogens is 418 g/mol. The van der Waals surface area contributed by atoms with Crippen molar-refractivity contribution in [3.8, 4) is 0 Å². The van der Waals surface area contributed by atoms with Crippen LogP contribution in [0.5, 0.6) is 0 Å². The Labute approximate surface area is 186 Å². The van der Waals surface area contributed by atoms with Crippen LogP contribution in [0.25, 0.3) is 0 Å². The highest BCUT2D eigenvalue weighted by Gasteiger charge is 2.36. The molecule has 0 saturated carbocycles. The van der Waals surface area contributed by atoms with Crippen LogP contribution in [0.2, 0.25) is 0 Å². The van der Waals surface area contributed by atoms with E-state index in [1.165, 1.54) is 4.90 Å². The zero-order valence-electron chi connectivity index (χ0n) is 18.2. The summed E-state index contributed by atoms with van der Waals surface area (Å²) in [6, 6.07) is 6.65. The van der Waals surface area contributed by atoms with E-state index in [0.717, 1.165) is 5.56 Å². The number of hydrogen-bond acceptors (Lipinski definition) is 6. The summed E-state index contributed by atoms with van der Waals surface area (Å²) >= 11 is 0. The van der Waals surface area contributed by atoms with Gasteiger partial charge >= 0.3 is 18.0 Å². The first kappa shape index (κ1) is 25.1. The van der Waals surface area contributed by atoms with Crippen molar-refractivity contribution in [2.75, 3.05) is 13.1 Å². The lowest BCUT2D eigenvalue weighted by molar-refractivity contribution is -0.149. The van der Waals surface area contributed by atoms with Crippen molar-refractivity contribution >= 4 is 23.9 Å². The number of hydrogen-bond donors (Lipinski definition) is 4. The van der Waals surface area contributed by atoms with Crippen LogP contribution in [0.4, 0.5) is 4.79 Å². The molecule has 1 fully saturated rings. The number of rotatable bonds is 12. The van der Waals surface area contributed by atoms with Crippen LogP contribution in [-0.4, -0.2) is 70.3 Å². The zero-order valence-corrected chi connectivity index (χ0v) is 18.2. The van der Waals surface area contributed by atoms with Gasteiger partial charge in [-0.05, 0) is 44.6 Å². The molecule has 1 unspecified atom stereocenters. The molecule has 10 heteroatoms. The molecule has 10 nitrogen and oxygen atoms in total. The summed E-state index contributed by atoms with van der Waals surface area (Å²) in [5, 5.41) is 24.1. The third-order valence-corrected chi connectivity index (χ3v) is 5.34. The molecule has 32 heavy (non-hydrogen) atoms. The van der Waals surface area contributed by atoms with Gasteiger partial charge in [-0.25, -0.2) is 9.59 Å². The summed E-state index contributed by atoms with van der Waals surface area (Å²) in [6.45, 7) is 2.40. The van der Waals surface area contributed by atoms with E-state index in [-0.39, 0.29) is 13.0 Å². The molecule has 0 radical (unpaired) electrons. The van der Waals surface area contributed by atoms with Gasteiger partial charge in [0.05, 0.1) is 6.04 Å². The maximum atomic E-state index is 12.6. The smallest absolute Gasteiger partial charge is 0.407 e. The minimum absolute atomic E-state index is 0.170. The summed E-state index contributed by atoms with van der Waals surface area (Å²) < 4.78 is 5.11. The number of alkyl carbamates (subject to hydrolysis) is 1.